The second-order valence-electron chi connectivity index (χ2n) is 3.01. The Labute approximate surface area is 74.2 Å². The van der Waals surface area contributed by atoms with Gasteiger partial charge in [0, 0.05) is 4.47 Å². The molecule has 1 aromatic rings. The van der Waals surface area contributed by atoms with Gasteiger partial charge in [-0.3, -0.25) is 0 Å². The van der Waals surface area contributed by atoms with Crippen molar-refractivity contribution in [2.75, 3.05) is 0 Å². The molecule has 0 spiro atoms. The summed E-state index contributed by atoms with van der Waals surface area (Å²) in [5, 5.41) is 9.75. The Morgan fingerprint density at radius 3 is 2.45 bits per heavy atom. The molecular weight excluding hydrogens is 204 g/mol. The predicted molar refractivity (Wildman–Crippen MR) is 47.3 cm³/mol. The van der Waals surface area contributed by atoms with Crippen molar-refractivity contribution < 1.29 is 5.11 Å². The molecule has 1 aromatic carbocycles. The Bertz CT molecular complexity index is 279. The van der Waals surface area contributed by atoms with E-state index in [4.69, 9.17) is 0 Å². The van der Waals surface area contributed by atoms with Crippen molar-refractivity contribution in [1.29, 1.82) is 0 Å². The maximum Gasteiger partial charge on any atom is 0.0909 e. The van der Waals surface area contributed by atoms with Crippen molar-refractivity contribution in [2.24, 2.45) is 0 Å². The first-order valence-electron chi connectivity index (χ1n) is 3.70. The van der Waals surface area contributed by atoms with Gasteiger partial charge in [-0.25, -0.2) is 0 Å². The van der Waals surface area contributed by atoms with Crippen LogP contribution in [-0.2, 0) is 5.60 Å². The number of halogens is 1. The van der Waals surface area contributed by atoms with E-state index in [0.29, 0.717) is 0 Å². The molecule has 1 saturated carbocycles. The SMILES string of the molecule is OC1(c2ccccc2Br)CC1. The summed E-state index contributed by atoms with van der Waals surface area (Å²) < 4.78 is 1.01. The number of hydrogen-bond acceptors (Lipinski definition) is 1. The summed E-state index contributed by atoms with van der Waals surface area (Å²) in [4.78, 5) is 0. The van der Waals surface area contributed by atoms with Crippen LogP contribution in [0.4, 0.5) is 0 Å². The maximum absolute atomic E-state index is 9.75. The van der Waals surface area contributed by atoms with Gasteiger partial charge in [0.15, 0.2) is 0 Å². The predicted octanol–water partition coefficient (Wildman–Crippen LogP) is 2.43. The molecule has 0 saturated heterocycles. The first-order chi connectivity index (χ1) is 5.22. The molecular formula is C9H9BrO. The van der Waals surface area contributed by atoms with E-state index in [1.807, 2.05) is 24.3 Å². The van der Waals surface area contributed by atoms with Crippen LogP contribution in [0, 0.1) is 0 Å². The number of benzene rings is 1. The standard InChI is InChI=1S/C9H9BrO/c10-8-4-2-1-3-7(8)9(11)5-6-9/h1-4,11H,5-6H2. The van der Waals surface area contributed by atoms with E-state index in [-0.39, 0.29) is 0 Å². The van der Waals surface area contributed by atoms with Crippen LogP contribution in [0.5, 0.6) is 0 Å². The molecule has 0 amide bonds. The molecule has 0 aromatic heterocycles. The Balaban J connectivity index is 2.45. The maximum atomic E-state index is 9.75. The molecule has 1 N–H and O–H groups in total. The molecule has 58 valence electrons. The van der Waals surface area contributed by atoms with Gasteiger partial charge in [-0.15, -0.1) is 0 Å². The van der Waals surface area contributed by atoms with Crippen molar-refractivity contribution in [1.82, 2.24) is 0 Å². The molecule has 1 aliphatic carbocycles. The highest BCUT2D eigenvalue weighted by atomic mass is 79.9. The molecule has 0 bridgehead atoms. The van der Waals surface area contributed by atoms with Gasteiger partial charge in [0.05, 0.1) is 5.60 Å². The summed E-state index contributed by atoms with van der Waals surface area (Å²) in [5.74, 6) is 0. The number of aliphatic hydroxyl groups is 1. The number of rotatable bonds is 1. The zero-order chi connectivity index (χ0) is 7.90. The van der Waals surface area contributed by atoms with Gasteiger partial charge in [-0.1, -0.05) is 34.1 Å². The lowest BCUT2D eigenvalue weighted by Crippen LogP contribution is -2.04. The molecule has 0 unspecified atom stereocenters. The van der Waals surface area contributed by atoms with Crippen LogP contribution in [0.1, 0.15) is 18.4 Å². The van der Waals surface area contributed by atoms with Crippen LogP contribution in [0.25, 0.3) is 0 Å². The fraction of sp³-hybridized carbons (Fsp3) is 0.333. The van der Waals surface area contributed by atoms with Crippen molar-refractivity contribution in [3.8, 4) is 0 Å². The fourth-order valence-corrected chi connectivity index (χ4v) is 1.88. The average molecular weight is 213 g/mol. The van der Waals surface area contributed by atoms with Crippen molar-refractivity contribution >= 4 is 15.9 Å². The quantitative estimate of drug-likeness (QED) is 0.759. The largest absolute Gasteiger partial charge is 0.385 e. The lowest BCUT2D eigenvalue weighted by Gasteiger charge is -2.08. The van der Waals surface area contributed by atoms with Gasteiger partial charge < -0.3 is 5.11 Å². The van der Waals surface area contributed by atoms with Gasteiger partial charge in [0.25, 0.3) is 0 Å². The molecule has 0 atom stereocenters. The van der Waals surface area contributed by atoms with Crippen molar-refractivity contribution in [3.05, 3.63) is 34.3 Å². The van der Waals surface area contributed by atoms with E-state index in [1.165, 1.54) is 0 Å². The summed E-state index contributed by atoms with van der Waals surface area (Å²) >= 11 is 3.41. The lowest BCUT2D eigenvalue weighted by atomic mass is 10.1. The zero-order valence-electron chi connectivity index (χ0n) is 6.05. The van der Waals surface area contributed by atoms with Gasteiger partial charge in [0.2, 0.25) is 0 Å². The zero-order valence-corrected chi connectivity index (χ0v) is 7.63. The molecule has 2 heteroatoms. The van der Waals surface area contributed by atoms with E-state index >= 15 is 0 Å². The van der Waals surface area contributed by atoms with E-state index in [0.717, 1.165) is 22.9 Å². The van der Waals surface area contributed by atoms with Crippen molar-refractivity contribution in [2.45, 2.75) is 18.4 Å². The third-order valence-electron chi connectivity index (χ3n) is 2.10. The molecule has 1 nitrogen and oxygen atoms in total. The third kappa shape index (κ3) is 1.21. The van der Waals surface area contributed by atoms with E-state index in [9.17, 15) is 5.11 Å². The summed E-state index contributed by atoms with van der Waals surface area (Å²) in [6, 6.07) is 7.85. The first kappa shape index (κ1) is 7.32. The molecule has 0 aliphatic heterocycles. The average Bonchev–Trinajstić information content (AvgIpc) is 2.70. The Kier molecular flexibility index (Phi) is 1.55. The Morgan fingerprint density at radius 2 is 1.91 bits per heavy atom. The van der Waals surface area contributed by atoms with E-state index in [1.54, 1.807) is 0 Å². The van der Waals surface area contributed by atoms with Crippen LogP contribution >= 0.6 is 15.9 Å². The van der Waals surface area contributed by atoms with Crippen LogP contribution in [0.2, 0.25) is 0 Å². The second-order valence-corrected chi connectivity index (χ2v) is 3.87. The monoisotopic (exact) mass is 212 g/mol. The van der Waals surface area contributed by atoms with Gasteiger partial charge in [0.1, 0.15) is 0 Å². The minimum Gasteiger partial charge on any atom is -0.385 e. The van der Waals surface area contributed by atoms with Gasteiger partial charge in [-0.05, 0) is 24.5 Å². The first-order valence-corrected chi connectivity index (χ1v) is 4.49. The molecule has 1 aliphatic rings. The Hall–Kier alpha value is -0.340. The normalized spacial score (nSPS) is 19.8. The second kappa shape index (κ2) is 2.32. The van der Waals surface area contributed by atoms with Gasteiger partial charge >= 0.3 is 0 Å². The smallest absolute Gasteiger partial charge is 0.0909 e. The van der Waals surface area contributed by atoms with Crippen LogP contribution < -0.4 is 0 Å². The molecule has 11 heavy (non-hydrogen) atoms. The highest BCUT2D eigenvalue weighted by molar-refractivity contribution is 9.10. The third-order valence-corrected chi connectivity index (χ3v) is 2.79. The lowest BCUT2D eigenvalue weighted by molar-refractivity contribution is 0.150. The molecule has 0 heterocycles. The summed E-state index contributed by atoms with van der Waals surface area (Å²) in [6.45, 7) is 0. The summed E-state index contributed by atoms with van der Waals surface area (Å²) in [6.07, 6.45) is 1.80. The fourth-order valence-electron chi connectivity index (χ4n) is 1.23. The van der Waals surface area contributed by atoms with E-state index in [2.05, 4.69) is 15.9 Å². The highest BCUT2D eigenvalue weighted by Gasteiger charge is 2.43. The summed E-state index contributed by atoms with van der Waals surface area (Å²) in [7, 11) is 0. The Morgan fingerprint density at radius 1 is 1.27 bits per heavy atom. The molecule has 2 rings (SSSR count). The van der Waals surface area contributed by atoms with Crippen LogP contribution in [-0.4, -0.2) is 5.11 Å². The number of hydrogen-bond donors (Lipinski definition) is 1. The topological polar surface area (TPSA) is 20.2 Å². The van der Waals surface area contributed by atoms with Gasteiger partial charge in [-0.2, -0.15) is 0 Å². The van der Waals surface area contributed by atoms with Crippen LogP contribution in [0.3, 0.4) is 0 Å². The summed E-state index contributed by atoms with van der Waals surface area (Å²) in [5.41, 5.74) is 0.514. The minimum absolute atomic E-state index is 0.514. The van der Waals surface area contributed by atoms with Crippen LogP contribution in [0.15, 0.2) is 28.7 Å². The molecule has 0 radical (unpaired) electrons. The van der Waals surface area contributed by atoms with Crippen molar-refractivity contribution in [3.63, 3.8) is 0 Å². The van der Waals surface area contributed by atoms with E-state index < -0.39 is 5.60 Å². The minimum atomic E-state index is -0.514. The highest BCUT2D eigenvalue weighted by Crippen LogP contribution is 2.47. The molecule has 1 fully saturated rings.